The fourth-order valence-corrected chi connectivity index (χ4v) is 1.63. The summed E-state index contributed by atoms with van der Waals surface area (Å²) in [6.45, 7) is 6.12. The van der Waals surface area contributed by atoms with E-state index in [1.807, 2.05) is 19.1 Å². The van der Waals surface area contributed by atoms with Crippen LogP contribution < -0.4 is 0 Å². The summed E-state index contributed by atoms with van der Waals surface area (Å²) in [4.78, 5) is 8.85. The van der Waals surface area contributed by atoms with E-state index in [-0.39, 0.29) is 0 Å². The second-order valence-electron chi connectivity index (χ2n) is 4.26. The summed E-state index contributed by atoms with van der Waals surface area (Å²) >= 11 is 0. The molecular weight excluding hydrogens is 212 g/mol. The van der Waals surface area contributed by atoms with E-state index in [9.17, 15) is 0 Å². The Morgan fingerprint density at radius 2 is 2.12 bits per heavy atom. The van der Waals surface area contributed by atoms with Crippen LogP contribution in [0.15, 0.2) is 24.4 Å². The Labute approximate surface area is 101 Å². The first-order valence-electron chi connectivity index (χ1n) is 5.55. The van der Waals surface area contributed by atoms with Gasteiger partial charge in [-0.15, -0.1) is 0 Å². The highest BCUT2D eigenvalue weighted by Crippen LogP contribution is 2.15. The van der Waals surface area contributed by atoms with E-state index < -0.39 is 0 Å². The minimum atomic E-state index is 0.344. The average molecular weight is 226 g/mol. The van der Waals surface area contributed by atoms with Crippen molar-refractivity contribution in [2.24, 2.45) is 0 Å². The molecule has 2 heterocycles. The summed E-state index contributed by atoms with van der Waals surface area (Å²) in [5.41, 5.74) is 2.45. The van der Waals surface area contributed by atoms with Gasteiger partial charge in [0, 0.05) is 17.6 Å². The molecule has 2 aromatic rings. The molecule has 0 aliphatic heterocycles. The number of nitrogens with zero attached hydrogens (tertiary/aromatic N) is 4. The molecule has 0 N–H and O–H groups in total. The normalized spacial score (nSPS) is 10.5. The van der Waals surface area contributed by atoms with Crippen molar-refractivity contribution < 1.29 is 0 Å². The molecule has 0 atom stereocenters. The van der Waals surface area contributed by atoms with Crippen molar-refractivity contribution in [1.82, 2.24) is 14.5 Å². The standard InChI is InChI=1S/C13H14N4/c1-9(2)12-7-10(3)15-13(16-12)17-6-4-5-11(17)8-14/h4-7,9H,1-3H3. The Morgan fingerprint density at radius 3 is 2.76 bits per heavy atom. The van der Waals surface area contributed by atoms with Crippen LogP contribution in [0.4, 0.5) is 0 Å². The molecule has 0 spiro atoms. The smallest absolute Gasteiger partial charge is 0.235 e. The lowest BCUT2D eigenvalue weighted by atomic mass is 10.1. The Kier molecular flexibility index (Phi) is 2.92. The van der Waals surface area contributed by atoms with Gasteiger partial charge in [-0.3, -0.25) is 4.57 Å². The summed E-state index contributed by atoms with van der Waals surface area (Å²) in [5, 5.41) is 8.99. The topological polar surface area (TPSA) is 54.5 Å². The molecule has 0 bridgehead atoms. The number of nitriles is 1. The maximum atomic E-state index is 8.99. The molecule has 0 unspecified atom stereocenters. The minimum Gasteiger partial charge on any atom is -0.276 e. The molecule has 4 heteroatoms. The van der Waals surface area contributed by atoms with Crippen LogP contribution in [0.1, 0.15) is 36.8 Å². The molecule has 17 heavy (non-hydrogen) atoms. The summed E-state index contributed by atoms with van der Waals surface area (Å²) in [7, 11) is 0. The van der Waals surface area contributed by atoms with Gasteiger partial charge in [0.1, 0.15) is 11.8 Å². The summed E-state index contributed by atoms with van der Waals surface area (Å²) < 4.78 is 1.71. The van der Waals surface area contributed by atoms with E-state index in [0.717, 1.165) is 11.4 Å². The molecule has 0 amide bonds. The predicted octanol–water partition coefficient (Wildman–Crippen LogP) is 2.57. The first-order chi connectivity index (χ1) is 8.11. The van der Waals surface area contributed by atoms with Crippen LogP contribution in [0.5, 0.6) is 0 Å². The van der Waals surface area contributed by atoms with Crippen LogP contribution in [-0.2, 0) is 0 Å². The van der Waals surface area contributed by atoms with Gasteiger partial charge in [0.15, 0.2) is 0 Å². The Balaban J connectivity index is 2.57. The molecule has 86 valence electrons. The van der Waals surface area contributed by atoms with Crippen LogP contribution in [0, 0.1) is 18.3 Å². The molecular formula is C13H14N4. The van der Waals surface area contributed by atoms with Crippen molar-refractivity contribution in [2.75, 3.05) is 0 Å². The lowest BCUT2D eigenvalue weighted by Crippen LogP contribution is -2.06. The quantitative estimate of drug-likeness (QED) is 0.790. The molecule has 0 aliphatic carbocycles. The van der Waals surface area contributed by atoms with Crippen molar-refractivity contribution in [1.29, 1.82) is 5.26 Å². The van der Waals surface area contributed by atoms with Crippen molar-refractivity contribution in [3.8, 4) is 12.0 Å². The van der Waals surface area contributed by atoms with Gasteiger partial charge in [0.25, 0.3) is 0 Å². The Bertz CT molecular complexity index is 575. The molecule has 0 aliphatic rings. The molecule has 0 saturated heterocycles. The Morgan fingerprint density at radius 1 is 1.35 bits per heavy atom. The van der Waals surface area contributed by atoms with E-state index in [1.165, 1.54) is 0 Å². The highest BCUT2D eigenvalue weighted by atomic mass is 15.2. The van der Waals surface area contributed by atoms with E-state index in [0.29, 0.717) is 17.6 Å². The zero-order valence-electron chi connectivity index (χ0n) is 10.2. The highest BCUT2D eigenvalue weighted by Gasteiger charge is 2.09. The third kappa shape index (κ3) is 2.18. The highest BCUT2D eigenvalue weighted by molar-refractivity contribution is 5.31. The van der Waals surface area contributed by atoms with Gasteiger partial charge in [0.05, 0.1) is 0 Å². The van der Waals surface area contributed by atoms with Crippen molar-refractivity contribution in [3.05, 3.63) is 41.5 Å². The molecule has 0 aromatic carbocycles. The molecule has 0 saturated carbocycles. The SMILES string of the molecule is Cc1cc(C(C)C)nc(-n2cccc2C#N)n1. The third-order valence-corrected chi connectivity index (χ3v) is 2.53. The van der Waals surface area contributed by atoms with E-state index >= 15 is 0 Å². The zero-order valence-corrected chi connectivity index (χ0v) is 10.2. The van der Waals surface area contributed by atoms with Gasteiger partial charge in [-0.2, -0.15) is 5.26 Å². The largest absolute Gasteiger partial charge is 0.276 e. The number of aromatic nitrogens is 3. The van der Waals surface area contributed by atoms with Crippen LogP contribution >= 0.6 is 0 Å². The lowest BCUT2D eigenvalue weighted by Gasteiger charge is -2.09. The van der Waals surface area contributed by atoms with Crippen molar-refractivity contribution in [3.63, 3.8) is 0 Å². The molecule has 2 aromatic heterocycles. The molecule has 2 rings (SSSR count). The van der Waals surface area contributed by atoms with Gasteiger partial charge in [-0.25, -0.2) is 9.97 Å². The average Bonchev–Trinajstić information content (AvgIpc) is 2.76. The molecule has 4 nitrogen and oxygen atoms in total. The molecule has 0 radical (unpaired) electrons. The maximum Gasteiger partial charge on any atom is 0.235 e. The lowest BCUT2D eigenvalue weighted by molar-refractivity contribution is 0.784. The van der Waals surface area contributed by atoms with Gasteiger partial charge in [-0.05, 0) is 31.0 Å². The van der Waals surface area contributed by atoms with Gasteiger partial charge in [0.2, 0.25) is 5.95 Å². The minimum absolute atomic E-state index is 0.344. The van der Waals surface area contributed by atoms with E-state index in [1.54, 1.807) is 16.8 Å². The van der Waals surface area contributed by atoms with Crippen molar-refractivity contribution in [2.45, 2.75) is 26.7 Å². The van der Waals surface area contributed by atoms with E-state index in [4.69, 9.17) is 5.26 Å². The van der Waals surface area contributed by atoms with Gasteiger partial charge < -0.3 is 0 Å². The monoisotopic (exact) mass is 226 g/mol. The number of aryl methyl sites for hydroxylation is 1. The van der Waals surface area contributed by atoms with Crippen LogP contribution in [0.3, 0.4) is 0 Å². The fourth-order valence-electron chi connectivity index (χ4n) is 1.63. The first-order valence-corrected chi connectivity index (χ1v) is 5.55. The molecule has 0 fully saturated rings. The number of hydrogen-bond donors (Lipinski definition) is 0. The zero-order chi connectivity index (χ0) is 12.4. The van der Waals surface area contributed by atoms with Crippen LogP contribution in [-0.4, -0.2) is 14.5 Å². The van der Waals surface area contributed by atoms with Gasteiger partial charge >= 0.3 is 0 Å². The number of hydrogen-bond acceptors (Lipinski definition) is 3. The maximum absolute atomic E-state index is 8.99. The third-order valence-electron chi connectivity index (χ3n) is 2.53. The fraction of sp³-hybridized carbons (Fsp3) is 0.308. The summed E-state index contributed by atoms with van der Waals surface area (Å²) in [6, 6.07) is 7.67. The number of rotatable bonds is 2. The Hall–Kier alpha value is -2.15. The summed E-state index contributed by atoms with van der Waals surface area (Å²) in [6.07, 6.45) is 1.80. The second kappa shape index (κ2) is 4.38. The van der Waals surface area contributed by atoms with Gasteiger partial charge in [-0.1, -0.05) is 13.8 Å². The van der Waals surface area contributed by atoms with Crippen molar-refractivity contribution >= 4 is 0 Å². The van der Waals surface area contributed by atoms with E-state index in [2.05, 4.69) is 29.9 Å². The first kappa shape index (κ1) is 11.3. The van der Waals surface area contributed by atoms with Crippen LogP contribution in [0.25, 0.3) is 5.95 Å². The second-order valence-corrected chi connectivity index (χ2v) is 4.26. The van der Waals surface area contributed by atoms with Crippen LogP contribution in [0.2, 0.25) is 0 Å². The summed E-state index contributed by atoms with van der Waals surface area (Å²) in [5.74, 6) is 0.909. The predicted molar refractivity (Wildman–Crippen MR) is 64.9 cm³/mol.